The zero-order valence-corrected chi connectivity index (χ0v) is 11.9. The van der Waals surface area contributed by atoms with Crippen molar-refractivity contribution in [3.63, 3.8) is 0 Å². The molecule has 0 aromatic heterocycles. The van der Waals surface area contributed by atoms with E-state index in [0.29, 0.717) is 13.2 Å². The highest BCUT2D eigenvalue weighted by molar-refractivity contribution is 6.12. The summed E-state index contributed by atoms with van der Waals surface area (Å²) in [5.41, 5.74) is 0.504. The number of carbonyl (C=O) groups is 1. The molecule has 1 aromatic carbocycles. The van der Waals surface area contributed by atoms with Crippen LogP contribution in [0.3, 0.4) is 0 Å². The summed E-state index contributed by atoms with van der Waals surface area (Å²) in [4.78, 5) is 12.4. The third-order valence-electron chi connectivity index (χ3n) is 4.38. The molecule has 5 heteroatoms. The average molecular weight is 274 g/mol. The molecule has 2 saturated heterocycles. The summed E-state index contributed by atoms with van der Waals surface area (Å²) in [6.07, 6.45) is 0.595. The van der Waals surface area contributed by atoms with Gasteiger partial charge >= 0.3 is 5.97 Å². The van der Waals surface area contributed by atoms with Crippen LogP contribution in [0.5, 0.6) is 0 Å². The van der Waals surface area contributed by atoms with Gasteiger partial charge in [0.1, 0.15) is 26.0 Å². The van der Waals surface area contributed by atoms with Crippen LogP contribution in [0.25, 0.3) is 0 Å². The highest BCUT2D eigenvalue weighted by Gasteiger charge is 2.62. The monoisotopic (exact) mass is 274 g/mol. The fourth-order valence-electron chi connectivity index (χ4n) is 3.25. The van der Waals surface area contributed by atoms with Gasteiger partial charge in [-0.15, -0.1) is 0 Å². The lowest BCUT2D eigenvalue weighted by Crippen LogP contribution is -2.40. The van der Waals surface area contributed by atoms with E-state index in [4.69, 9.17) is 14.2 Å². The molecule has 0 spiro atoms. The van der Waals surface area contributed by atoms with Gasteiger partial charge in [0.2, 0.25) is 0 Å². The molecule has 0 N–H and O–H groups in total. The van der Waals surface area contributed by atoms with E-state index in [9.17, 15) is 4.79 Å². The number of esters is 1. The van der Waals surface area contributed by atoms with Crippen molar-refractivity contribution < 1.29 is 19.0 Å². The van der Waals surface area contributed by atoms with Crippen LogP contribution in [-0.4, -0.2) is 38.1 Å². The molecule has 106 valence electrons. The molecule has 2 aliphatic heterocycles. The molecule has 4 atom stereocenters. The summed E-state index contributed by atoms with van der Waals surface area (Å²) in [7, 11) is 1.96. The largest absolute Gasteiger partial charge is 0.460 e. The zero-order chi connectivity index (χ0) is 14.2. The average Bonchev–Trinajstić information content (AvgIpc) is 2.98. The van der Waals surface area contributed by atoms with Gasteiger partial charge in [0.05, 0.1) is 18.7 Å². The molecule has 4 nitrogen and oxygen atoms in total. The Labute approximate surface area is 119 Å². The van der Waals surface area contributed by atoms with E-state index >= 15 is 0 Å². The highest BCUT2D eigenvalue weighted by Crippen LogP contribution is 2.46. The van der Waals surface area contributed by atoms with Crippen LogP contribution < -0.4 is 0 Å². The number of benzene rings is 1. The van der Waals surface area contributed by atoms with Crippen molar-refractivity contribution >= 4 is 13.8 Å². The number of fused-ring (bicyclic) bond motifs is 2. The van der Waals surface area contributed by atoms with Gasteiger partial charge in [-0.1, -0.05) is 37.3 Å². The molecule has 2 fully saturated rings. The third kappa shape index (κ3) is 2.15. The highest BCUT2D eigenvalue weighted by atomic mass is 16.6. The lowest BCUT2D eigenvalue weighted by Gasteiger charge is -2.29. The van der Waals surface area contributed by atoms with Gasteiger partial charge in [-0.3, -0.25) is 4.79 Å². The van der Waals surface area contributed by atoms with Crippen LogP contribution in [0.1, 0.15) is 18.9 Å². The van der Waals surface area contributed by atoms with E-state index in [2.05, 4.69) is 0 Å². The first-order valence-corrected chi connectivity index (χ1v) is 7.16. The Bertz CT molecular complexity index is 492. The molecular weight excluding hydrogens is 255 g/mol. The molecule has 1 unspecified atom stereocenters. The molecule has 0 amide bonds. The Morgan fingerprint density at radius 3 is 2.85 bits per heavy atom. The second-order valence-corrected chi connectivity index (χ2v) is 5.59. The minimum absolute atomic E-state index is 0.0435. The summed E-state index contributed by atoms with van der Waals surface area (Å²) in [6.45, 7) is 2.82. The van der Waals surface area contributed by atoms with Crippen molar-refractivity contribution in [2.24, 2.45) is 5.92 Å². The van der Waals surface area contributed by atoms with Gasteiger partial charge in [-0.2, -0.15) is 0 Å². The molecule has 0 aliphatic carbocycles. The van der Waals surface area contributed by atoms with E-state index in [1.165, 1.54) is 0 Å². The standard InChI is InChI=1S/C15H19BO4/c1-2-15-9-19-12(13(16)20-15)11(15)14(17)18-8-10-6-4-3-5-7-10/h3-7,11-13H,2,8-9,16H2,1H3/t11-,12?,13-,15-/m1/s1. The van der Waals surface area contributed by atoms with E-state index < -0.39 is 5.60 Å². The Morgan fingerprint density at radius 2 is 2.20 bits per heavy atom. The molecule has 2 aliphatic rings. The van der Waals surface area contributed by atoms with Gasteiger partial charge in [0.15, 0.2) is 0 Å². The van der Waals surface area contributed by atoms with Gasteiger partial charge in [0, 0.05) is 0 Å². The topological polar surface area (TPSA) is 44.8 Å². The van der Waals surface area contributed by atoms with E-state index in [-0.39, 0.29) is 24.0 Å². The predicted molar refractivity (Wildman–Crippen MR) is 75.9 cm³/mol. The smallest absolute Gasteiger partial charge is 0.315 e. The fourth-order valence-corrected chi connectivity index (χ4v) is 3.25. The van der Waals surface area contributed by atoms with Crippen LogP contribution in [0.2, 0.25) is 0 Å². The normalized spacial score (nSPS) is 35.1. The number of hydrogen-bond acceptors (Lipinski definition) is 4. The predicted octanol–water partition coefficient (Wildman–Crippen LogP) is 0.883. The maximum absolute atomic E-state index is 12.4. The van der Waals surface area contributed by atoms with Crippen molar-refractivity contribution in [1.82, 2.24) is 0 Å². The second-order valence-electron chi connectivity index (χ2n) is 5.59. The summed E-state index contributed by atoms with van der Waals surface area (Å²) in [5, 5.41) is 0. The van der Waals surface area contributed by atoms with Gasteiger partial charge < -0.3 is 14.2 Å². The minimum atomic E-state index is -0.488. The molecule has 2 bridgehead atoms. The quantitative estimate of drug-likeness (QED) is 0.604. The first kappa shape index (κ1) is 13.6. The molecule has 3 rings (SSSR count). The lowest BCUT2D eigenvalue weighted by atomic mass is 9.83. The van der Waals surface area contributed by atoms with Gasteiger partial charge in [0.25, 0.3) is 0 Å². The fraction of sp³-hybridized carbons (Fsp3) is 0.533. The third-order valence-corrected chi connectivity index (χ3v) is 4.38. The van der Waals surface area contributed by atoms with Crippen LogP contribution in [0.4, 0.5) is 0 Å². The van der Waals surface area contributed by atoms with Crippen molar-refractivity contribution in [3.8, 4) is 0 Å². The first-order chi connectivity index (χ1) is 9.66. The summed E-state index contributed by atoms with van der Waals surface area (Å²) in [5.74, 6) is -0.506. The maximum Gasteiger partial charge on any atom is 0.315 e. The van der Waals surface area contributed by atoms with Crippen molar-refractivity contribution in [1.29, 1.82) is 0 Å². The van der Waals surface area contributed by atoms with E-state index in [1.807, 2.05) is 45.1 Å². The van der Waals surface area contributed by atoms with E-state index in [0.717, 1.165) is 12.0 Å². The SMILES string of the molecule is B[C@@H]1O[C@]2(CC)COC1[C@@H]2C(=O)OCc1ccccc1. The van der Waals surface area contributed by atoms with Gasteiger partial charge in [-0.25, -0.2) is 0 Å². The molecule has 0 radical (unpaired) electrons. The molecule has 2 heterocycles. The Hall–Kier alpha value is -1.33. The Balaban J connectivity index is 1.68. The van der Waals surface area contributed by atoms with E-state index in [1.54, 1.807) is 0 Å². The Kier molecular flexibility index (Phi) is 3.56. The Morgan fingerprint density at radius 1 is 1.45 bits per heavy atom. The van der Waals surface area contributed by atoms with Gasteiger partial charge in [-0.05, 0) is 12.0 Å². The second kappa shape index (κ2) is 5.22. The molecule has 0 saturated carbocycles. The summed E-state index contributed by atoms with van der Waals surface area (Å²) in [6, 6.07) is 9.66. The van der Waals surface area contributed by atoms with Crippen molar-refractivity contribution in [2.75, 3.05) is 6.61 Å². The van der Waals surface area contributed by atoms with Crippen molar-refractivity contribution in [2.45, 2.75) is 37.7 Å². The van der Waals surface area contributed by atoms with Crippen LogP contribution in [0.15, 0.2) is 30.3 Å². The number of ether oxygens (including phenoxy) is 3. The van der Waals surface area contributed by atoms with Crippen LogP contribution in [0, 0.1) is 5.92 Å². The zero-order valence-electron chi connectivity index (χ0n) is 11.9. The molecule has 20 heavy (non-hydrogen) atoms. The molecular formula is C15H19BO4. The molecule has 1 aromatic rings. The summed E-state index contributed by atoms with van der Waals surface area (Å²) < 4.78 is 17.1. The number of rotatable bonds is 4. The maximum atomic E-state index is 12.4. The summed E-state index contributed by atoms with van der Waals surface area (Å²) >= 11 is 0. The first-order valence-electron chi connectivity index (χ1n) is 7.16. The lowest BCUT2D eigenvalue weighted by molar-refractivity contribution is -0.155. The number of hydrogen-bond donors (Lipinski definition) is 0. The van der Waals surface area contributed by atoms with Crippen LogP contribution >= 0.6 is 0 Å². The van der Waals surface area contributed by atoms with Crippen molar-refractivity contribution in [3.05, 3.63) is 35.9 Å². The van der Waals surface area contributed by atoms with Crippen LogP contribution in [-0.2, 0) is 25.6 Å². The minimum Gasteiger partial charge on any atom is -0.460 e. The number of carbonyl (C=O) groups excluding carboxylic acids is 1.